The molecule has 0 fully saturated rings. The Labute approximate surface area is 71.8 Å². The Morgan fingerprint density at radius 1 is 1.00 bits per heavy atom. The largest absolute Gasteiger partial charge is 1.00 e. The molecule has 0 saturated carbocycles. The van der Waals surface area contributed by atoms with Crippen LogP contribution in [0.25, 0.3) is 0 Å². The van der Waals surface area contributed by atoms with Gasteiger partial charge in [-0.15, -0.1) is 0 Å². The first-order valence-corrected chi connectivity index (χ1v) is 4.71. The van der Waals surface area contributed by atoms with E-state index in [1.54, 1.807) is 0 Å². The normalized spacial score (nSPS) is 9.00. The van der Waals surface area contributed by atoms with Gasteiger partial charge in [0.2, 0.25) is 0 Å². The SMILES string of the molecule is CCCCCCC[PH3+].[Br-]. The molecule has 0 aromatic carbocycles. The molecule has 0 radical (unpaired) electrons. The van der Waals surface area contributed by atoms with E-state index in [1.807, 2.05) is 0 Å². The van der Waals surface area contributed by atoms with Crippen LogP contribution in [-0.2, 0) is 0 Å². The van der Waals surface area contributed by atoms with Gasteiger partial charge in [-0.1, -0.05) is 26.2 Å². The molecule has 0 rings (SSSR count). The molecule has 0 heterocycles. The third kappa shape index (κ3) is 12.2. The second-order valence-corrected chi connectivity index (χ2v) is 2.97. The summed E-state index contributed by atoms with van der Waals surface area (Å²) in [4.78, 5) is 0. The average Bonchev–Trinajstić information content (AvgIpc) is 1.81. The van der Waals surface area contributed by atoms with Gasteiger partial charge in [-0.2, -0.15) is 0 Å². The van der Waals surface area contributed by atoms with Crippen LogP contribution in [0.4, 0.5) is 0 Å². The number of unbranched alkanes of at least 4 members (excludes halogenated alkanes) is 4. The Hall–Kier alpha value is 0.910. The van der Waals surface area contributed by atoms with Crippen molar-refractivity contribution in [3.8, 4) is 0 Å². The van der Waals surface area contributed by atoms with E-state index in [-0.39, 0.29) is 17.0 Å². The van der Waals surface area contributed by atoms with Crippen LogP contribution < -0.4 is 17.0 Å². The highest BCUT2D eigenvalue weighted by molar-refractivity contribution is 7.16. The van der Waals surface area contributed by atoms with Crippen molar-refractivity contribution < 1.29 is 17.0 Å². The topological polar surface area (TPSA) is 0 Å². The van der Waals surface area contributed by atoms with E-state index in [2.05, 4.69) is 16.2 Å². The Morgan fingerprint density at radius 3 is 2.00 bits per heavy atom. The number of hydrogen-bond acceptors (Lipinski definition) is 0. The van der Waals surface area contributed by atoms with E-state index in [9.17, 15) is 0 Å². The van der Waals surface area contributed by atoms with Gasteiger partial charge in [-0.3, -0.25) is 0 Å². The fraction of sp³-hybridized carbons (Fsp3) is 1.00. The maximum absolute atomic E-state index is 2.26. The van der Waals surface area contributed by atoms with E-state index in [0.717, 1.165) is 0 Å². The van der Waals surface area contributed by atoms with Crippen LogP contribution in [0, 0.1) is 0 Å². The summed E-state index contributed by atoms with van der Waals surface area (Å²) in [5.74, 6) is 0. The molecule has 0 spiro atoms. The number of halogens is 1. The highest BCUT2D eigenvalue weighted by Crippen LogP contribution is 2.03. The van der Waals surface area contributed by atoms with Gasteiger partial charge in [-0.25, -0.2) is 0 Å². The zero-order valence-corrected chi connectivity index (χ0v) is 9.33. The lowest BCUT2D eigenvalue weighted by Crippen LogP contribution is -3.00. The van der Waals surface area contributed by atoms with Crippen LogP contribution in [0.3, 0.4) is 0 Å². The van der Waals surface area contributed by atoms with Crippen molar-refractivity contribution in [1.82, 2.24) is 0 Å². The lowest BCUT2D eigenvalue weighted by molar-refractivity contribution is -0.00000175. The molecule has 0 N–H and O–H groups in total. The molecule has 0 aromatic rings. The average molecular weight is 213 g/mol. The van der Waals surface area contributed by atoms with E-state index in [4.69, 9.17) is 0 Å². The van der Waals surface area contributed by atoms with Crippen LogP contribution >= 0.6 is 9.24 Å². The summed E-state index contributed by atoms with van der Waals surface area (Å²) in [6.07, 6.45) is 8.55. The van der Waals surface area contributed by atoms with Crippen LogP contribution in [-0.4, -0.2) is 6.16 Å². The quantitative estimate of drug-likeness (QED) is 0.429. The molecular weight excluding hydrogens is 195 g/mol. The van der Waals surface area contributed by atoms with Gasteiger partial charge < -0.3 is 17.0 Å². The second-order valence-electron chi connectivity index (χ2n) is 2.27. The van der Waals surface area contributed by atoms with E-state index in [0.29, 0.717) is 0 Å². The summed E-state index contributed by atoms with van der Waals surface area (Å²) in [5, 5.41) is 0. The van der Waals surface area contributed by atoms with Gasteiger partial charge in [0, 0.05) is 0 Å². The summed E-state index contributed by atoms with van der Waals surface area (Å²) in [7, 11) is 2.09. The van der Waals surface area contributed by atoms with Crippen molar-refractivity contribution in [2.75, 3.05) is 6.16 Å². The Balaban J connectivity index is 0. The number of hydrogen-bond donors (Lipinski definition) is 0. The van der Waals surface area contributed by atoms with Crippen molar-refractivity contribution >= 4 is 9.24 Å². The van der Waals surface area contributed by atoms with Crippen molar-refractivity contribution in [2.24, 2.45) is 0 Å². The first-order chi connectivity index (χ1) is 3.91. The summed E-state index contributed by atoms with van der Waals surface area (Å²) >= 11 is 0. The minimum absolute atomic E-state index is 0. The summed E-state index contributed by atoms with van der Waals surface area (Å²) in [6, 6.07) is 0. The monoisotopic (exact) mass is 212 g/mol. The zero-order valence-electron chi connectivity index (χ0n) is 6.33. The van der Waals surface area contributed by atoms with Gasteiger partial charge in [0.25, 0.3) is 0 Å². The predicted octanol–water partition coefficient (Wildman–Crippen LogP) is -0.432. The molecular formula is C7H18BrP. The van der Waals surface area contributed by atoms with Gasteiger partial charge in [0.15, 0.2) is 0 Å². The maximum atomic E-state index is 2.26. The Kier molecular flexibility index (Phi) is 16.3. The molecule has 0 aliphatic heterocycles. The van der Waals surface area contributed by atoms with E-state index >= 15 is 0 Å². The first kappa shape index (κ1) is 12.6. The molecule has 0 aromatic heterocycles. The predicted molar refractivity (Wildman–Crippen MR) is 44.7 cm³/mol. The van der Waals surface area contributed by atoms with Crippen LogP contribution in [0.5, 0.6) is 0 Å². The summed E-state index contributed by atoms with van der Waals surface area (Å²) in [5.41, 5.74) is 0. The van der Waals surface area contributed by atoms with Gasteiger partial charge >= 0.3 is 0 Å². The van der Waals surface area contributed by atoms with E-state index in [1.165, 1.54) is 38.3 Å². The van der Waals surface area contributed by atoms with Crippen LogP contribution in [0.1, 0.15) is 39.0 Å². The van der Waals surface area contributed by atoms with Crippen molar-refractivity contribution in [3.05, 3.63) is 0 Å². The highest BCUT2D eigenvalue weighted by atomic mass is 79.9. The van der Waals surface area contributed by atoms with E-state index < -0.39 is 0 Å². The van der Waals surface area contributed by atoms with Gasteiger partial charge in [0.1, 0.15) is 0 Å². The summed E-state index contributed by atoms with van der Waals surface area (Å²) in [6.45, 7) is 2.26. The zero-order chi connectivity index (χ0) is 6.24. The molecule has 1 atom stereocenters. The molecule has 9 heavy (non-hydrogen) atoms. The van der Waals surface area contributed by atoms with Crippen molar-refractivity contribution in [2.45, 2.75) is 39.0 Å². The molecule has 0 aliphatic carbocycles. The Morgan fingerprint density at radius 2 is 1.56 bits per heavy atom. The fourth-order valence-corrected chi connectivity index (χ4v) is 1.13. The second kappa shape index (κ2) is 11.7. The standard InChI is InChI=1S/C7H17P.BrH/c1-2-3-4-5-6-7-8;/h2-8H2,1H3;1H. The highest BCUT2D eigenvalue weighted by Gasteiger charge is 1.85. The van der Waals surface area contributed by atoms with Crippen LogP contribution in [0.15, 0.2) is 0 Å². The molecule has 2 heteroatoms. The molecule has 58 valence electrons. The molecule has 0 saturated heterocycles. The summed E-state index contributed by atoms with van der Waals surface area (Å²) < 4.78 is 0. The molecule has 1 unspecified atom stereocenters. The minimum atomic E-state index is 0. The van der Waals surface area contributed by atoms with Gasteiger partial charge in [-0.05, 0) is 22.1 Å². The Bertz CT molecular complexity index is 33.9. The number of rotatable bonds is 5. The van der Waals surface area contributed by atoms with Crippen LogP contribution in [0.2, 0.25) is 0 Å². The third-order valence-corrected chi connectivity index (χ3v) is 1.85. The fourth-order valence-electron chi connectivity index (χ4n) is 0.780. The minimum Gasteiger partial charge on any atom is -1.00 e. The molecule has 0 aliphatic rings. The molecule has 0 amide bonds. The lowest BCUT2D eigenvalue weighted by atomic mass is 10.2. The lowest BCUT2D eigenvalue weighted by Gasteiger charge is -1.92. The molecule has 0 bridgehead atoms. The third-order valence-electron chi connectivity index (χ3n) is 1.35. The van der Waals surface area contributed by atoms with Gasteiger partial charge in [0.05, 0.1) is 6.16 Å². The molecule has 0 nitrogen and oxygen atoms in total. The van der Waals surface area contributed by atoms with Crippen molar-refractivity contribution in [3.63, 3.8) is 0 Å². The maximum Gasteiger partial charge on any atom is 0.0526 e. The smallest absolute Gasteiger partial charge is 0.0526 e. The first-order valence-electron chi connectivity index (χ1n) is 3.71. The van der Waals surface area contributed by atoms with Crippen molar-refractivity contribution in [1.29, 1.82) is 0 Å².